The zero-order valence-corrected chi connectivity index (χ0v) is 20.9. The molecule has 1 unspecified atom stereocenters. The molecule has 0 aromatic carbocycles. The third-order valence-corrected chi connectivity index (χ3v) is 6.12. The molecule has 3 aliphatic heterocycles. The molecule has 2 aromatic rings. The summed E-state index contributed by atoms with van der Waals surface area (Å²) in [7, 11) is 0. The van der Waals surface area contributed by atoms with Crippen LogP contribution in [-0.4, -0.2) is 46.9 Å². The second kappa shape index (κ2) is 12.3. The number of aliphatic hydroxyl groups excluding tert-OH is 1. The highest BCUT2D eigenvalue weighted by molar-refractivity contribution is 7.59. The van der Waals surface area contributed by atoms with Gasteiger partial charge >= 0.3 is 0 Å². The van der Waals surface area contributed by atoms with Crippen molar-refractivity contribution in [3.05, 3.63) is 40.1 Å². The Labute approximate surface area is 208 Å². The summed E-state index contributed by atoms with van der Waals surface area (Å²) in [4.78, 5) is 11.0. The van der Waals surface area contributed by atoms with Crippen LogP contribution in [0.1, 0.15) is 37.7 Å². The molecular weight excluding hydrogens is 473 g/mol. The van der Waals surface area contributed by atoms with Crippen molar-refractivity contribution in [2.24, 2.45) is 0 Å². The zero-order chi connectivity index (χ0) is 20.2. The number of anilines is 3. The van der Waals surface area contributed by atoms with E-state index in [1.165, 1.54) is 24.1 Å². The van der Waals surface area contributed by atoms with Crippen molar-refractivity contribution in [2.45, 2.75) is 50.6 Å². The molecule has 1 fully saturated rings. The van der Waals surface area contributed by atoms with Crippen molar-refractivity contribution < 1.29 is 5.11 Å². The lowest BCUT2D eigenvalue weighted by atomic mass is 9.98. The van der Waals surface area contributed by atoms with E-state index in [-0.39, 0.29) is 33.6 Å². The van der Waals surface area contributed by atoms with Crippen LogP contribution in [0.3, 0.4) is 0 Å². The van der Waals surface area contributed by atoms with Gasteiger partial charge < -0.3 is 20.6 Å². The predicted octanol–water partition coefficient (Wildman–Crippen LogP) is 4.59. The highest BCUT2D eigenvalue weighted by Gasteiger charge is 2.28. The standard InChI is InChI=1S/C11H15ClN2O.C10H12ClN3.2H2S/c12-10-6-4-8-3-5-9(2-1-7-15)13-11(8)14-10;11-9-4-3-8-10(13-9)12-7-2-1-5-14(8)6-7;;/h4,6,9,15H,1-3,5,7H2,(H,13,14);3-4,7H,1-2,5-6H2,(H,12,13);2*1H2/t;7-;;/m.0../s1. The fourth-order valence-corrected chi connectivity index (χ4v) is 4.53. The number of hydrogen-bond donors (Lipinski definition) is 3. The number of pyridine rings is 2. The van der Waals surface area contributed by atoms with E-state index in [0.29, 0.717) is 22.4 Å². The van der Waals surface area contributed by atoms with E-state index in [4.69, 9.17) is 28.3 Å². The summed E-state index contributed by atoms with van der Waals surface area (Å²) in [6, 6.07) is 8.75. The summed E-state index contributed by atoms with van der Waals surface area (Å²) < 4.78 is 0. The molecule has 2 atom stereocenters. The quantitative estimate of drug-likeness (QED) is 0.531. The summed E-state index contributed by atoms with van der Waals surface area (Å²) in [6.07, 6.45) is 6.49. The predicted molar refractivity (Wildman–Crippen MR) is 140 cm³/mol. The minimum atomic E-state index is 0. The molecule has 0 saturated carbocycles. The zero-order valence-electron chi connectivity index (χ0n) is 17.4. The van der Waals surface area contributed by atoms with Gasteiger partial charge in [0, 0.05) is 31.8 Å². The fourth-order valence-electron chi connectivity index (χ4n) is 4.24. The maximum Gasteiger partial charge on any atom is 0.151 e. The van der Waals surface area contributed by atoms with Crippen molar-refractivity contribution in [1.29, 1.82) is 0 Å². The van der Waals surface area contributed by atoms with Gasteiger partial charge in [0.2, 0.25) is 0 Å². The number of nitrogens with one attached hydrogen (secondary N) is 2. The molecule has 172 valence electrons. The molecule has 3 N–H and O–H groups in total. The molecule has 0 spiro atoms. The van der Waals surface area contributed by atoms with Crippen LogP contribution in [0.15, 0.2) is 24.3 Å². The van der Waals surface area contributed by atoms with Crippen LogP contribution in [-0.2, 0) is 6.42 Å². The number of hydrogen-bond acceptors (Lipinski definition) is 6. The number of nitrogens with zero attached hydrogens (tertiary/aromatic N) is 3. The van der Waals surface area contributed by atoms with E-state index in [2.05, 4.69) is 31.6 Å². The molecular formula is C21H31Cl2N5OS2. The molecule has 5 rings (SSSR count). The number of halogens is 2. The van der Waals surface area contributed by atoms with Gasteiger partial charge in [0.1, 0.15) is 16.1 Å². The summed E-state index contributed by atoms with van der Waals surface area (Å²) in [5.41, 5.74) is 2.44. The summed E-state index contributed by atoms with van der Waals surface area (Å²) in [6.45, 7) is 2.51. The summed E-state index contributed by atoms with van der Waals surface area (Å²) in [5, 5.41) is 16.7. The third-order valence-electron chi connectivity index (χ3n) is 5.70. The Morgan fingerprint density at radius 2 is 1.74 bits per heavy atom. The number of aryl methyl sites for hydroxylation is 1. The molecule has 3 aliphatic rings. The first-order chi connectivity index (χ1) is 14.1. The normalized spacial score (nSPS) is 20.3. The summed E-state index contributed by atoms with van der Waals surface area (Å²) >= 11 is 11.7. The molecule has 5 heterocycles. The van der Waals surface area contributed by atoms with Gasteiger partial charge in [-0.25, -0.2) is 9.97 Å². The van der Waals surface area contributed by atoms with Gasteiger partial charge in [0.05, 0.1) is 5.69 Å². The SMILES string of the molecule is Clc1ccc2c(n1)N[C@H]1CCCN2C1.OCCCC1CCc2ccc(Cl)nc2N1.S.S. The van der Waals surface area contributed by atoms with E-state index >= 15 is 0 Å². The monoisotopic (exact) mass is 503 g/mol. The molecule has 2 aromatic heterocycles. The first-order valence-electron chi connectivity index (χ1n) is 10.3. The average Bonchev–Trinajstić information content (AvgIpc) is 2.72. The molecule has 31 heavy (non-hydrogen) atoms. The Hall–Kier alpha value is -1.06. The van der Waals surface area contributed by atoms with Crippen LogP contribution >= 0.6 is 50.2 Å². The minimum absolute atomic E-state index is 0. The number of fused-ring (bicyclic) bond motifs is 5. The van der Waals surface area contributed by atoms with Crippen molar-refractivity contribution in [2.75, 3.05) is 35.2 Å². The number of aliphatic hydroxyl groups is 1. The van der Waals surface area contributed by atoms with Crippen LogP contribution < -0.4 is 15.5 Å². The van der Waals surface area contributed by atoms with Gasteiger partial charge in [-0.3, -0.25) is 0 Å². The second-order valence-electron chi connectivity index (χ2n) is 7.82. The van der Waals surface area contributed by atoms with E-state index in [0.717, 1.165) is 50.4 Å². The number of piperidine rings is 1. The molecule has 0 aliphatic carbocycles. The molecule has 2 bridgehead atoms. The highest BCUT2D eigenvalue weighted by atomic mass is 35.5. The van der Waals surface area contributed by atoms with Gasteiger partial charge in [0.15, 0.2) is 5.82 Å². The molecule has 10 heteroatoms. The van der Waals surface area contributed by atoms with E-state index in [1.807, 2.05) is 18.2 Å². The van der Waals surface area contributed by atoms with Crippen molar-refractivity contribution in [1.82, 2.24) is 9.97 Å². The third kappa shape index (κ3) is 6.71. The minimum Gasteiger partial charge on any atom is -0.396 e. The Kier molecular flexibility index (Phi) is 10.4. The van der Waals surface area contributed by atoms with Crippen LogP contribution in [0.5, 0.6) is 0 Å². The highest BCUT2D eigenvalue weighted by Crippen LogP contribution is 2.33. The summed E-state index contributed by atoms with van der Waals surface area (Å²) in [5.74, 6) is 1.87. The second-order valence-corrected chi connectivity index (χ2v) is 8.59. The average molecular weight is 505 g/mol. The Morgan fingerprint density at radius 1 is 1.00 bits per heavy atom. The largest absolute Gasteiger partial charge is 0.396 e. The maximum absolute atomic E-state index is 8.77. The molecule has 6 nitrogen and oxygen atoms in total. The first-order valence-corrected chi connectivity index (χ1v) is 11.1. The van der Waals surface area contributed by atoms with Crippen LogP contribution in [0.4, 0.5) is 17.3 Å². The molecule has 1 saturated heterocycles. The van der Waals surface area contributed by atoms with Crippen LogP contribution in [0.25, 0.3) is 0 Å². The van der Waals surface area contributed by atoms with Gasteiger partial charge in [-0.05, 0) is 62.3 Å². The smallest absolute Gasteiger partial charge is 0.151 e. The Morgan fingerprint density at radius 3 is 2.52 bits per heavy atom. The van der Waals surface area contributed by atoms with Crippen molar-refractivity contribution in [3.8, 4) is 0 Å². The van der Waals surface area contributed by atoms with Crippen LogP contribution in [0.2, 0.25) is 10.3 Å². The molecule has 0 amide bonds. The van der Waals surface area contributed by atoms with E-state index in [9.17, 15) is 0 Å². The van der Waals surface area contributed by atoms with Gasteiger partial charge in [0.25, 0.3) is 0 Å². The molecule has 0 radical (unpaired) electrons. The van der Waals surface area contributed by atoms with E-state index < -0.39 is 0 Å². The Balaban J connectivity index is 0.000000207. The van der Waals surface area contributed by atoms with Gasteiger partial charge in [-0.15, -0.1) is 0 Å². The van der Waals surface area contributed by atoms with Gasteiger partial charge in [-0.1, -0.05) is 29.3 Å². The fraction of sp³-hybridized carbons (Fsp3) is 0.524. The van der Waals surface area contributed by atoms with Crippen molar-refractivity contribution in [3.63, 3.8) is 0 Å². The topological polar surface area (TPSA) is 73.3 Å². The van der Waals surface area contributed by atoms with E-state index in [1.54, 1.807) is 0 Å². The first kappa shape index (κ1) is 26.2. The van der Waals surface area contributed by atoms with Crippen LogP contribution in [0, 0.1) is 0 Å². The maximum atomic E-state index is 8.77. The Bertz CT molecular complexity index is 861. The van der Waals surface area contributed by atoms with Gasteiger partial charge in [-0.2, -0.15) is 27.0 Å². The lowest BCUT2D eigenvalue weighted by Crippen LogP contribution is -2.46. The number of aromatic nitrogens is 2. The number of rotatable bonds is 3. The lowest BCUT2D eigenvalue weighted by Gasteiger charge is -2.40. The lowest BCUT2D eigenvalue weighted by molar-refractivity contribution is 0.279. The van der Waals surface area contributed by atoms with Crippen molar-refractivity contribution >= 4 is 67.5 Å².